The Morgan fingerprint density at radius 1 is 0.871 bits per heavy atom. The van der Waals surface area contributed by atoms with Gasteiger partial charge in [-0.05, 0) is 37.7 Å². The molecule has 1 aliphatic carbocycles. The van der Waals surface area contributed by atoms with Crippen molar-refractivity contribution in [3.05, 3.63) is 48.8 Å². The number of hydrogen-bond acceptors (Lipinski definition) is 6. The second kappa shape index (κ2) is 8.33. The highest BCUT2D eigenvalue weighted by Crippen LogP contribution is 2.40. The average molecular weight is 427 g/mol. The van der Waals surface area contributed by atoms with Gasteiger partial charge in [0.15, 0.2) is 22.7 Å². The van der Waals surface area contributed by atoms with Crippen LogP contribution in [0.2, 0.25) is 0 Å². The summed E-state index contributed by atoms with van der Waals surface area (Å²) in [4.78, 5) is 37.5. The van der Waals surface area contributed by atoms with Crippen LogP contribution in [-0.2, 0) is 4.79 Å². The minimum atomic E-state index is -0.573. The van der Waals surface area contributed by atoms with Crippen molar-refractivity contribution < 1.29 is 18.4 Å². The lowest BCUT2D eigenvalue weighted by Gasteiger charge is -2.19. The van der Waals surface area contributed by atoms with Crippen molar-refractivity contribution >= 4 is 17.1 Å². The van der Waals surface area contributed by atoms with E-state index in [1.165, 1.54) is 0 Å². The number of hydrogen-bond donors (Lipinski definition) is 0. The second-order valence-corrected chi connectivity index (χ2v) is 9.19. The Kier molecular flexibility index (Phi) is 6.12. The molecule has 0 amide bonds. The number of fused-ring (bicyclic) bond motifs is 2. The molecule has 31 heavy (non-hydrogen) atoms. The lowest BCUT2D eigenvalue weighted by Crippen LogP contribution is -2.31. The Balaban J connectivity index is 2.42. The third-order valence-electron chi connectivity index (χ3n) is 5.45. The fourth-order valence-corrected chi connectivity index (χ4v) is 3.73. The summed E-state index contributed by atoms with van der Waals surface area (Å²) in [6.45, 7) is 14.9. The van der Waals surface area contributed by atoms with E-state index in [0.29, 0.717) is 34.5 Å². The van der Waals surface area contributed by atoms with Gasteiger partial charge < -0.3 is 13.6 Å². The van der Waals surface area contributed by atoms with E-state index in [4.69, 9.17) is 13.6 Å². The van der Waals surface area contributed by atoms with E-state index < -0.39 is 10.9 Å². The zero-order valence-corrected chi connectivity index (χ0v) is 19.5. The monoisotopic (exact) mass is 426 g/mol. The van der Waals surface area contributed by atoms with E-state index in [9.17, 15) is 14.4 Å². The molecule has 1 heterocycles. The van der Waals surface area contributed by atoms with Crippen LogP contribution in [0.4, 0.5) is 0 Å². The maximum Gasteiger partial charge on any atom is 0.311 e. The predicted octanol–water partition coefficient (Wildman–Crippen LogP) is 5.67. The van der Waals surface area contributed by atoms with Gasteiger partial charge in [0.1, 0.15) is 5.75 Å². The molecule has 0 fully saturated rings. The zero-order chi connectivity index (χ0) is 23.2. The van der Waals surface area contributed by atoms with Crippen molar-refractivity contribution in [2.45, 2.75) is 73.6 Å². The molecule has 0 N–H and O–H groups in total. The maximum absolute atomic E-state index is 12.7. The Morgan fingerprint density at radius 3 is 2.03 bits per heavy atom. The molecule has 1 aromatic rings. The Labute approximate surface area is 181 Å². The van der Waals surface area contributed by atoms with Crippen molar-refractivity contribution in [1.29, 1.82) is 0 Å². The highest BCUT2D eigenvalue weighted by atomic mass is 16.5. The maximum atomic E-state index is 12.7. The number of esters is 1. The molecule has 6 heteroatoms. The molecular formula is C25H30O6. The summed E-state index contributed by atoms with van der Waals surface area (Å²) in [6, 6.07) is 1.80. The summed E-state index contributed by atoms with van der Waals surface area (Å²) in [6.07, 6.45) is 0.302. The van der Waals surface area contributed by atoms with E-state index in [-0.39, 0.29) is 40.8 Å². The van der Waals surface area contributed by atoms with Gasteiger partial charge in [-0.1, -0.05) is 41.5 Å². The average Bonchev–Trinajstić information content (AvgIpc) is 2.66. The van der Waals surface area contributed by atoms with Crippen LogP contribution in [0, 0.1) is 19.8 Å². The Bertz CT molecular complexity index is 1240. The van der Waals surface area contributed by atoms with Crippen molar-refractivity contribution in [2.75, 3.05) is 0 Å². The van der Waals surface area contributed by atoms with Crippen molar-refractivity contribution in [3.63, 3.8) is 0 Å². The Hall–Kier alpha value is -2.89. The quantitative estimate of drug-likeness (QED) is 0.226. The largest absolute Gasteiger partial charge is 0.449 e. The first-order chi connectivity index (χ1) is 14.4. The van der Waals surface area contributed by atoms with Gasteiger partial charge in [0.25, 0.3) is 0 Å². The predicted molar refractivity (Wildman–Crippen MR) is 120 cm³/mol. The molecule has 166 valence electrons. The molecule has 0 spiro atoms. The lowest BCUT2D eigenvalue weighted by molar-refractivity contribution is -0.135. The number of aryl methyl sites for hydroxylation is 1. The zero-order valence-electron chi connectivity index (χ0n) is 19.5. The van der Waals surface area contributed by atoms with Gasteiger partial charge in [0.2, 0.25) is 10.9 Å². The Morgan fingerprint density at radius 2 is 1.48 bits per heavy atom. The third kappa shape index (κ3) is 4.03. The van der Waals surface area contributed by atoms with Crippen LogP contribution in [0.25, 0.3) is 22.7 Å². The van der Waals surface area contributed by atoms with Crippen LogP contribution in [0.3, 0.4) is 0 Å². The standard InChI is InChI=1S/C25H30O6/c1-11(2)9-18(26)29-17-10-16(12(3)4)24-22(14(17)7)31-25-19(13(5)6)21(28)20(27)15(8)23(25)30-24/h10-13H,9H2,1-8H3. The number of rotatable bonds is 5. The summed E-state index contributed by atoms with van der Waals surface area (Å²) in [5.41, 5.74) is 1.68. The van der Waals surface area contributed by atoms with E-state index in [1.54, 1.807) is 19.9 Å². The van der Waals surface area contributed by atoms with Gasteiger partial charge >= 0.3 is 5.97 Å². The van der Waals surface area contributed by atoms with Gasteiger partial charge in [0, 0.05) is 23.1 Å². The summed E-state index contributed by atoms with van der Waals surface area (Å²) in [5.74, 6) is 0.635. The number of carbonyl (C=O) groups excluding carboxylic acids is 1. The van der Waals surface area contributed by atoms with Crippen molar-refractivity contribution in [2.24, 2.45) is 5.92 Å². The van der Waals surface area contributed by atoms with E-state index >= 15 is 0 Å². The van der Waals surface area contributed by atoms with Gasteiger partial charge in [-0.3, -0.25) is 14.4 Å². The fourth-order valence-electron chi connectivity index (χ4n) is 3.73. The second-order valence-electron chi connectivity index (χ2n) is 9.19. The highest BCUT2D eigenvalue weighted by molar-refractivity contribution is 5.85. The molecule has 1 aliphatic heterocycles. The van der Waals surface area contributed by atoms with E-state index in [0.717, 1.165) is 5.56 Å². The smallest absolute Gasteiger partial charge is 0.311 e. The van der Waals surface area contributed by atoms with Crippen LogP contribution in [0.5, 0.6) is 5.75 Å². The SMILES string of the molecule is Cc1c2oc3c(C(C)C)cc(OC(=O)CC(C)C)c(C)c3oc-2c(C(C)C)c(=O)c1=O. The summed E-state index contributed by atoms with van der Waals surface area (Å²) in [5, 5.41) is 0. The van der Waals surface area contributed by atoms with Gasteiger partial charge in [-0.25, -0.2) is 0 Å². The molecule has 0 saturated heterocycles. The normalized spacial score (nSPS) is 12.0. The minimum Gasteiger partial charge on any atom is -0.449 e. The van der Waals surface area contributed by atoms with Crippen LogP contribution in [0.15, 0.2) is 24.5 Å². The molecule has 0 unspecified atom stereocenters. The molecule has 0 aromatic heterocycles. The van der Waals surface area contributed by atoms with Crippen molar-refractivity contribution in [1.82, 2.24) is 0 Å². The summed E-state index contributed by atoms with van der Waals surface area (Å²) in [7, 11) is 0. The summed E-state index contributed by atoms with van der Waals surface area (Å²) < 4.78 is 18.1. The van der Waals surface area contributed by atoms with Crippen LogP contribution in [0.1, 0.15) is 82.1 Å². The van der Waals surface area contributed by atoms with Crippen LogP contribution >= 0.6 is 0 Å². The van der Waals surface area contributed by atoms with Crippen LogP contribution < -0.4 is 15.6 Å². The number of benzene rings is 2. The molecule has 0 bridgehead atoms. The molecule has 0 atom stereocenters. The first kappa shape index (κ1) is 22.8. The van der Waals surface area contributed by atoms with Gasteiger partial charge in [-0.15, -0.1) is 0 Å². The molecular weight excluding hydrogens is 396 g/mol. The fraction of sp³-hybridized carbons (Fsp3) is 0.480. The summed E-state index contributed by atoms with van der Waals surface area (Å²) >= 11 is 0. The molecule has 2 aliphatic rings. The number of ether oxygens (including phenoxy) is 1. The van der Waals surface area contributed by atoms with Crippen molar-refractivity contribution in [3.8, 4) is 17.3 Å². The topological polar surface area (TPSA) is 86.7 Å². The first-order valence-corrected chi connectivity index (χ1v) is 10.7. The van der Waals surface area contributed by atoms with Gasteiger partial charge in [-0.2, -0.15) is 0 Å². The third-order valence-corrected chi connectivity index (χ3v) is 5.45. The minimum absolute atomic E-state index is 0.0393. The molecule has 1 aromatic carbocycles. The van der Waals surface area contributed by atoms with E-state index in [2.05, 4.69) is 0 Å². The van der Waals surface area contributed by atoms with E-state index in [1.807, 2.05) is 41.5 Å². The lowest BCUT2D eigenvalue weighted by atomic mass is 9.95. The van der Waals surface area contributed by atoms with Crippen LogP contribution in [-0.4, -0.2) is 5.97 Å². The molecule has 6 nitrogen and oxygen atoms in total. The first-order valence-electron chi connectivity index (χ1n) is 10.7. The van der Waals surface area contributed by atoms with Gasteiger partial charge in [0.05, 0.1) is 5.56 Å². The number of carbonyl (C=O) groups is 1. The molecule has 0 radical (unpaired) electrons. The highest BCUT2D eigenvalue weighted by Gasteiger charge is 2.28. The molecule has 3 rings (SSSR count). The molecule has 0 saturated carbocycles.